The highest BCUT2D eigenvalue weighted by Crippen LogP contribution is 2.14. The second-order valence-electron chi connectivity index (χ2n) is 5.32. The normalized spacial score (nSPS) is 11.1. The predicted octanol–water partition coefficient (Wildman–Crippen LogP) is 2.83. The molecule has 2 amide bonds. The van der Waals surface area contributed by atoms with Crippen molar-refractivity contribution in [3.63, 3.8) is 0 Å². The van der Waals surface area contributed by atoms with Crippen LogP contribution in [-0.4, -0.2) is 20.7 Å². The summed E-state index contributed by atoms with van der Waals surface area (Å²) in [6.07, 6.45) is 1.15. The third-order valence-electron chi connectivity index (χ3n) is 3.08. The van der Waals surface area contributed by atoms with Crippen LogP contribution in [0.2, 0.25) is 0 Å². The summed E-state index contributed by atoms with van der Waals surface area (Å²) in [7, 11) is -3.10. The molecule has 0 bridgehead atoms. The molecule has 0 aliphatic carbocycles. The summed E-state index contributed by atoms with van der Waals surface area (Å²) in [5.74, 6) is -1.65. The second-order valence-corrected chi connectivity index (χ2v) is 7.46. The standard InChI is InChI=1S/C16H16F2N2O3S/c1-24(22,23)10-12-4-2-11(3-5-12)9-19-16(21)20-15-7-6-13(17)8-14(15)18/h2-8H,9-10H2,1H3,(H2,19,20,21). The Bertz CT molecular complexity index is 837. The van der Waals surface area contributed by atoms with Gasteiger partial charge >= 0.3 is 6.03 Å². The summed E-state index contributed by atoms with van der Waals surface area (Å²) in [4.78, 5) is 11.7. The molecular formula is C16H16F2N2O3S. The van der Waals surface area contributed by atoms with Crippen LogP contribution in [0.15, 0.2) is 42.5 Å². The minimum Gasteiger partial charge on any atom is -0.334 e. The van der Waals surface area contributed by atoms with Crippen LogP contribution in [-0.2, 0) is 22.1 Å². The zero-order chi connectivity index (χ0) is 17.7. The number of halogens is 2. The van der Waals surface area contributed by atoms with Gasteiger partial charge in [0.25, 0.3) is 0 Å². The van der Waals surface area contributed by atoms with Gasteiger partial charge in [0, 0.05) is 18.9 Å². The summed E-state index contributed by atoms with van der Waals surface area (Å²) in [6.45, 7) is 0.174. The van der Waals surface area contributed by atoms with Crippen LogP contribution in [0.5, 0.6) is 0 Å². The van der Waals surface area contributed by atoms with Crippen molar-refractivity contribution in [3.8, 4) is 0 Å². The first-order valence-corrected chi connectivity index (χ1v) is 9.04. The minimum absolute atomic E-state index is 0.0506. The van der Waals surface area contributed by atoms with Gasteiger partial charge in [-0.15, -0.1) is 0 Å². The number of rotatable bonds is 5. The molecule has 0 heterocycles. The summed E-state index contributed by atoms with van der Waals surface area (Å²) >= 11 is 0. The lowest BCUT2D eigenvalue weighted by molar-refractivity contribution is 0.251. The maximum atomic E-state index is 13.4. The maximum absolute atomic E-state index is 13.4. The molecule has 128 valence electrons. The molecule has 2 rings (SSSR count). The molecule has 24 heavy (non-hydrogen) atoms. The lowest BCUT2D eigenvalue weighted by Gasteiger charge is -2.09. The lowest BCUT2D eigenvalue weighted by atomic mass is 10.1. The van der Waals surface area contributed by atoms with Gasteiger partial charge < -0.3 is 10.6 Å². The fourth-order valence-electron chi connectivity index (χ4n) is 2.00. The smallest absolute Gasteiger partial charge is 0.319 e. The first kappa shape index (κ1) is 17.9. The molecule has 0 atom stereocenters. The van der Waals surface area contributed by atoms with Gasteiger partial charge in [-0.05, 0) is 23.3 Å². The number of hydrogen-bond donors (Lipinski definition) is 2. The SMILES string of the molecule is CS(=O)(=O)Cc1ccc(CNC(=O)Nc2ccc(F)cc2F)cc1. The van der Waals surface area contributed by atoms with Gasteiger partial charge in [-0.25, -0.2) is 22.0 Å². The van der Waals surface area contributed by atoms with Crippen molar-refractivity contribution >= 4 is 21.6 Å². The van der Waals surface area contributed by atoms with Crippen LogP contribution in [0.4, 0.5) is 19.3 Å². The Labute approximate surface area is 138 Å². The Balaban J connectivity index is 1.89. The largest absolute Gasteiger partial charge is 0.334 e. The van der Waals surface area contributed by atoms with Crippen LogP contribution in [0.25, 0.3) is 0 Å². The van der Waals surface area contributed by atoms with Gasteiger partial charge in [-0.1, -0.05) is 24.3 Å². The topological polar surface area (TPSA) is 75.3 Å². The number of amides is 2. The van der Waals surface area contributed by atoms with E-state index in [-0.39, 0.29) is 18.0 Å². The molecule has 5 nitrogen and oxygen atoms in total. The van der Waals surface area contributed by atoms with Gasteiger partial charge in [0.15, 0.2) is 9.84 Å². The van der Waals surface area contributed by atoms with Gasteiger partial charge in [-0.3, -0.25) is 0 Å². The molecule has 0 spiro atoms. The average Bonchev–Trinajstić information content (AvgIpc) is 2.48. The van der Waals surface area contributed by atoms with Crippen molar-refractivity contribution in [1.29, 1.82) is 0 Å². The fraction of sp³-hybridized carbons (Fsp3) is 0.188. The molecule has 0 radical (unpaired) electrons. The maximum Gasteiger partial charge on any atom is 0.319 e. The van der Waals surface area contributed by atoms with Crippen molar-refractivity contribution in [2.24, 2.45) is 0 Å². The number of benzene rings is 2. The molecule has 0 unspecified atom stereocenters. The molecule has 0 saturated heterocycles. The van der Waals surface area contributed by atoms with E-state index in [9.17, 15) is 22.0 Å². The third-order valence-corrected chi connectivity index (χ3v) is 3.94. The van der Waals surface area contributed by atoms with E-state index in [4.69, 9.17) is 0 Å². The molecule has 2 N–H and O–H groups in total. The number of hydrogen-bond acceptors (Lipinski definition) is 3. The van der Waals surface area contributed by atoms with Crippen LogP contribution in [0.1, 0.15) is 11.1 Å². The van der Waals surface area contributed by atoms with E-state index in [0.717, 1.165) is 24.0 Å². The number of sulfone groups is 1. The molecule has 2 aromatic rings. The Hall–Kier alpha value is -2.48. The van der Waals surface area contributed by atoms with Crippen molar-refractivity contribution in [3.05, 3.63) is 65.2 Å². The van der Waals surface area contributed by atoms with E-state index >= 15 is 0 Å². The Morgan fingerprint density at radius 3 is 2.25 bits per heavy atom. The minimum atomic E-state index is -3.10. The first-order chi connectivity index (χ1) is 11.2. The highest BCUT2D eigenvalue weighted by molar-refractivity contribution is 7.89. The lowest BCUT2D eigenvalue weighted by Crippen LogP contribution is -2.28. The number of carbonyl (C=O) groups is 1. The van der Waals surface area contributed by atoms with Crippen molar-refractivity contribution in [2.75, 3.05) is 11.6 Å². The molecule has 8 heteroatoms. The van der Waals surface area contributed by atoms with Crippen LogP contribution < -0.4 is 10.6 Å². The van der Waals surface area contributed by atoms with E-state index in [1.54, 1.807) is 24.3 Å². The molecule has 0 aliphatic heterocycles. The van der Waals surface area contributed by atoms with Crippen molar-refractivity contribution < 1.29 is 22.0 Å². The monoisotopic (exact) mass is 354 g/mol. The van der Waals surface area contributed by atoms with Crippen molar-refractivity contribution in [2.45, 2.75) is 12.3 Å². The Kier molecular flexibility index (Phi) is 5.50. The van der Waals surface area contributed by atoms with Crippen LogP contribution in [0, 0.1) is 11.6 Å². The van der Waals surface area contributed by atoms with E-state index in [1.807, 2.05) is 0 Å². The highest BCUT2D eigenvalue weighted by atomic mass is 32.2. The highest BCUT2D eigenvalue weighted by Gasteiger charge is 2.08. The van der Waals surface area contributed by atoms with Gasteiger partial charge in [-0.2, -0.15) is 0 Å². The fourth-order valence-corrected chi connectivity index (χ4v) is 2.79. The van der Waals surface area contributed by atoms with E-state index in [0.29, 0.717) is 11.6 Å². The summed E-state index contributed by atoms with van der Waals surface area (Å²) in [5.41, 5.74) is 1.28. The molecule has 0 fully saturated rings. The second kappa shape index (κ2) is 7.39. The number of anilines is 1. The molecular weight excluding hydrogens is 338 g/mol. The van der Waals surface area contributed by atoms with E-state index in [1.165, 1.54) is 0 Å². The summed E-state index contributed by atoms with van der Waals surface area (Å²) in [5, 5.41) is 4.81. The predicted molar refractivity (Wildman–Crippen MR) is 87.2 cm³/mol. The van der Waals surface area contributed by atoms with Crippen LogP contribution >= 0.6 is 0 Å². The number of nitrogens with one attached hydrogen (secondary N) is 2. The Morgan fingerprint density at radius 2 is 1.67 bits per heavy atom. The van der Waals surface area contributed by atoms with E-state index < -0.39 is 27.5 Å². The van der Waals surface area contributed by atoms with E-state index in [2.05, 4.69) is 10.6 Å². The quantitative estimate of drug-likeness (QED) is 0.867. The average molecular weight is 354 g/mol. The summed E-state index contributed by atoms with van der Waals surface area (Å²) in [6, 6.07) is 8.92. The van der Waals surface area contributed by atoms with Gasteiger partial charge in [0.2, 0.25) is 0 Å². The Morgan fingerprint density at radius 1 is 1.04 bits per heavy atom. The molecule has 0 aliphatic rings. The zero-order valence-electron chi connectivity index (χ0n) is 12.8. The number of urea groups is 1. The third kappa shape index (κ3) is 5.62. The zero-order valence-corrected chi connectivity index (χ0v) is 13.7. The van der Waals surface area contributed by atoms with Gasteiger partial charge in [0.05, 0.1) is 11.4 Å². The molecule has 0 saturated carbocycles. The number of carbonyl (C=O) groups excluding carboxylic acids is 1. The van der Waals surface area contributed by atoms with Crippen molar-refractivity contribution in [1.82, 2.24) is 5.32 Å². The summed E-state index contributed by atoms with van der Waals surface area (Å²) < 4.78 is 48.6. The first-order valence-electron chi connectivity index (χ1n) is 6.98. The molecule has 2 aromatic carbocycles. The van der Waals surface area contributed by atoms with Gasteiger partial charge in [0.1, 0.15) is 11.6 Å². The van der Waals surface area contributed by atoms with Crippen LogP contribution in [0.3, 0.4) is 0 Å². The molecule has 0 aromatic heterocycles.